The van der Waals surface area contributed by atoms with E-state index in [0.29, 0.717) is 13.2 Å². The topological polar surface area (TPSA) is 44.5 Å². The van der Waals surface area contributed by atoms with E-state index >= 15 is 0 Å². The predicted molar refractivity (Wildman–Crippen MR) is 69.5 cm³/mol. The van der Waals surface area contributed by atoms with E-state index in [1.165, 1.54) is 0 Å². The zero-order valence-corrected chi connectivity index (χ0v) is 11.5. The molecule has 0 heterocycles. The van der Waals surface area contributed by atoms with Gasteiger partial charge in [0, 0.05) is 6.54 Å². The van der Waals surface area contributed by atoms with Gasteiger partial charge in [0.2, 0.25) is 8.32 Å². The molecular formula is C12H21NO2Si. The van der Waals surface area contributed by atoms with Crippen LogP contribution in [0.1, 0.15) is 12.5 Å². The summed E-state index contributed by atoms with van der Waals surface area (Å²) >= 11 is 0. The van der Waals surface area contributed by atoms with E-state index in [-0.39, 0.29) is 0 Å². The first-order valence-electron chi connectivity index (χ1n) is 5.61. The van der Waals surface area contributed by atoms with Crippen molar-refractivity contribution < 1.29 is 9.16 Å². The zero-order chi connectivity index (χ0) is 12.2. The van der Waals surface area contributed by atoms with Crippen LogP contribution >= 0.6 is 0 Å². The Balaban J connectivity index is 2.98. The van der Waals surface area contributed by atoms with Gasteiger partial charge in [0.25, 0.3) is 0 Å². The fourth-order valence-electron chi connectivity index (χ4n) is 1.36. The maximum atomic E-state index is 5.96. The quantitative estimate of drug-likeness (QED) is 0.804. The number of rotatable bonds is 5. The molecule has 0 atom stereocenters. The van der Waals surface area contributed by atoms with Crippen molar-refractivity contribution in [1.82, 2.24) is 0 Å². The molecule has 0 aliphatic heterocycles. The van der Waals surface area contributed by atoms with E-state index in [1.807, 2.05) is 25.1 Å². The molecule has 0 aliphatic carbocycles. The number of ether oxygens (including phenoxy) is 1. The van der Waals surface area contributed by atoms with Crippen LogP contribution in [0.2, 0.25) is 19.6 Å². The van der Waals surface area contributed by atoms with Crippen LogP contribution < -0.4 is 14.9 Å². The molecule has 16 heavy (non-hydrogen) atoms. The maximum absolute atomic E-state index is 5.96. The summed E-state index contributed by atoms with van der Waals surface area (Å²) in [5.74, 6) is 1.63. The highest BCUT2D eigenvalue weighted by Gasteiger charge is 2.18. The van der Waals surface area contributed by atoms with Gasteiger partial charge in [-0.15, -0.1) is 0 Å². The Labute approximate surface area is 98.7 Å². The van der Waals surface area contributed by atoms with Crippen LogP contribution in [0.15, 0.2) is 18.2 Å². The van der Waals surface area contributed by atoms with Crippen LogP contribution in [0.25, 0.3) is 0 Å². The molecule has 0 saturated heterocycles. The van der Waals surface area contributed by atoms with Gasteiger partial charge < -0.3 is 14.9 Å². The van der Waals surface area contributed by atoms with Crippen molar-refractivity contribution in [3.63, 3.8) is 0 Å². The fraction of sp³-hybridized carbons (Fsp3) is 0.500. The average Bonchev–Trinajstić information content (AvgIpc) is 2.19. The Kier molecular flexibility index (Phi) is 4.38. The Bertz CT molecular complexity index is 347. The van der Waals surface area contributed by atoms with E-state index in [0.717, 1.165) is 17.1 Å². The molecule has 1 aromatic carbocycles. The first-order chi connectivity index (χ1) is 7.46. The molecule has 0 fully saturated rings. The first kappa shape index (κ1) is 13.1. The Morgan fingerprint density at radius 3 is 2.38 bits per heavy atom. The van der Waals surface area contributed by atoms with Gasteiger partial charge in [0.15, 0.2) is 5.75 Å². The predicted octanol–water partition coefficient (Wildman–Crippen LogP) is 2.76. The third-order valence-electron chi connectivity index (χ3n) is 1.96. The van der Waals surface area contributed by atoms with Crippen LogP contribution in [0.3, 0.4) is 0 Å². The largest absolute Gasteiger partial charge is 0.542 e. The fourth-order valence-corrected chi connectivity index (χ4v) is 2.19. The van der Waals surface area contributed by atoms with Crippen LogP contribution in [0.4, 0.5) is 0 Å². The van der Waals surface area contributed by atoms with Gasteiger partial charge in [0.1, 0.15) is 5.75 Å². The van der Waals surface area contributed by atoms with Crippen LogP contribution in [-0.4, -0.2) is 14.9 Å². The molecule has 0 aromatic heterocycles. The number of hydrogen-bond donors (Lipinski definition) is 1. The first-order valence-corrected chi connectivity index (χ1v) is 9.02. The van der Waals surface area contributed by atoms with Crippen LogP contribution in [-0.2, 0) is 6.54 Å². The van der Waals surface area contributed by atoms with Crippen molar-refractivity contribution in [3.05, 3.63) is 23.8 Å². The van der Waals surface area contributed by atoms with Gasteiger partial charge in [-0.1, -0.05) is 6.07 Å². The van der Waals surface area contributed by atoms with Gasteiger partial charge in [-0.25, -0.2) is 0 Å². The summed E-state index contributed by atoms with van der Waals surface area (Å²) in [7, 11) is -1.60. The molecule has 0 bridgehead atoms. The lowest BCUT2D eigenvalue weighted by atomic mass is 10.2. The molecule has 0 saturated carbocycles. The third kappa shape index (κ3) is 3.87. The summed E-state index contributed by atoms with van der Waals surface area (Å²) in [6, 6.07) is 5.89. The Morgan fingerprint density at radius 1 is 1.19 bits per heavy atom. The lowest BCUT2D eigenvalue weighted by Crippen LogP contribution is -2.29. The van der Waals surface area contributed by atoms with Crippen LogP contribution in [0.5, 0.6) is 11.5 Å². The van der Waals surface area contributed by atoms with Crippen molar-refractivity contribution in [3.8, 4) is 11.5 Å². The summed E-state index contributed by atoms with van der Waals surface area (Å²) in [5, 5.41) is 0. The second-order valence-electron chi connectivity index (χ2n) is 4.63. The van der Waals surface area contributed by atoms with Gasteiger partial charge in [-0.05, 0) is 44.3 Å². The number of benzene rings is 1. The van der Waals surface area contributed by atoms with Crippen molar-refractivity contribution >= 4 is 8.32 Å². The zero-order valence-electron chi connectivity index (χ0n) is 10.5. The minimum atomic E-state index is -1.60. The molecule has 2 N–H and O–H groups in total. The lowest BCUT2D eigenvalue weighted by Gasteiger charge is -2.21. The Morgan fingerprint density at radius 2 is 1.88 bits per heavy atom. The Hall–Kier alpha value is -1.00. The highest BCUT2D eigenvalue weighted by molar-refractivity contribution is 6.70. The van der Waals surface area contributed by atoms with Gasteiger partial charge in [0.05, 0.1) is 6.61 Å². The summed E-state index contributed by atoms with van der Waals surface area (Å²) in [4.78, 5) is 0. The monoisotopic (exact) mass is 239 g/mol. The highest BCUT2D eigenvalue weighted by Crippen LogP contribution is 2.30. The standard InChI is InChI=1S/C12H21NO2Si/c1-5-14-12-8-10(9-13)6-7-11(12)15-16(2,3)4/h6-8H,5,9,13H2,1-4H3. The highest BCUT2D eigenvalue weighted by atomic mass is 28.4. The molecular weight excluding hydrogens is 218 g/mol. The molecule has 3 nitrogen and oxygen atoms in total. The van der Waals surface area contributed by atoms with E-state index in [2.05, 4.69) is 19.6 Å². The van der Waals surface area contributed by atoms with Gasteiger partial charge >= 0.3 is 0 Å². The van der Waals surface area contributed by atoms with E-state index in [1.54, 1.807) is 0 Å². The molecule has 1 rings (SSSR count). The second-order valence-corrected chi connectivity index (χ2v) is 9.06. The van der Waals surface area contributed by atoms with Crippen molar-refractivity contribution in [2.24, 2.45) is 5.73 Å². The lowest BCUT2D eigenvalue weighted by molar-refractivity contribution is 0.327. The van der Waals surface area contributed by atoms with Crippen molar-refractivity contribution in [1.29, 1.82) is 0 Å². The molecule has 0 spiro atoms. The van der Waals surface area contributed by atoms with Crippen molar-refractivity contribution in [2.75, 3.05) is 6.61 Å². The molecule has 0 amide bonds. The smallest absolute Gasteiger partial charge is 0.242 e. The summed E-state index contributed by atoms with van der Waals surface area (Å²) in [5.41, 5.74) is 6.67. The summed E-state index contributed by atoms with van der Waals surface area (Å²) < 4.78 is 11.5. The van der Waals surface area contributed by atoms with Crippen molar-refractivity contribution in [2.45, 2.75) is 33.1 Å². The van der Waals surface area contributed by atoms with Crippen LogP contribution in [0, 0.1) is 0 Å². The second kappa shape index (κ2) is 5.36. The summed E-state index contributed by atoms with van der Waals surface area (Å²) in [6.45, 7) is 9.58. The molecule has 0 aliphatic rings. The minimum absolute atomic E-state index is 0.521. The molecule has 1 aromatic rings. The van der Waals surface area contributed by atoms with E-state index < -0.39 is 8.32 Å². The minimum Gasteiger partial charge on any atom is -0.542 e. The SMILES string of the molecule is CCOc1cc(CN)ccc1O[Si](C)(C)C. The molecule has 90 valence electrons. The van der Waals surface area contributed by atoms with E-state index in [4.69, 9.17) is 14.9 Å². The normalized spacial score (nSPS) is 11.3. The summed E-state index contributed by atoms with van der Waals surface area (Å²) in [6.07, 6.45) is 0. The van der Waals surface area contributed by atoms with E-state index in [9.17, 15) is 0 Å². The maximum Gasteiger partial charge on any atom is 0.242 e. The third-order valence-corrected chi connectivity index (χ3v) is 2.79. The van der Waals surface area contributed by atoms with Gasteiger partial charge in [-0.3, -0.25) is 0 Å². The molecule has 0 unspecified atom stereocenters. The molecule has 0 radical (unpaired) electrons. The van der Waals surface area contributed by atoms with Gasteiger partial charge in [-0.2, -0.15) is 0 Å². The number of nitrogens with two attached hydrogens (primary N) is 1. The number of hydrogen-bond acceptors (Lipinski definition) is 3. The average molecular weight is 239 g/mol. The molecule has 4 heteroatoms.